The minimum absolute atomic E-state index is 0. The van der Waals surface area contributed by atoms with Crippen molar-refractivity contribution in [3.8, 4) is 11.1 Å². The van der Waals surface area contributed by atoms with Crippen LogP contribution in [0.5, 0.6) is 0 Å². The molecule has 0 bridgehead atoms. The molecular weight excluding hydrogens is 1120 g/mol. The van der Waals surface area contributed by atoms with E-state index in [2.05, 4.69) is 156 Å². The van der Waals surface area contributed by atoms with Crippen LogP contribution in [-0.4, -0.2) is 111 Å². The molecule has 8 aromatic rings. The Balaban J connectivity index is 0.00000873. The number of hydrogen-bond acceptors (Lipinski definition) is 9. The number of hydrogen-bond donors (Lipinski definition) is 5. The first-order valence-electron chi connectivity index (χ1n) is 31.5. The van der Waals surface area contributed by atoms with Crippen molar-refractivity contribution in [2.45, 2.75) is 112 Å². The minimum atomic E-state index is -2.22. The predicted octanol–water partition coefficient (Wildman–Crippen LogP) is 7.89. The molecule has 0 atom stereocenters. The summed E-state index contributed by atoms with van der Waals surface area (Å²) < 4.78 is 2.46. The lowest BCUT2D eigenvalue weighted by Crippen LogP contribution is -2.64. The average Bonchev–Trinajstić information content (AvgIpc) is 0.759. The number of amides is 1. The topological polar surface area (TPSA) is 140 Å². The highest BCUT2D eigenvalue weighted by molar-refractivity contribution is 7.01. The average molecular weight is 1210 g/mol. The van der Waals surface area contributed by atoms with Crippen molar-refractivity contribution in [3.63, 3.8) is 0 Å². The van der Waals surface area contributed by atoms with Crippen molar-refractivity contribution in [1.82, 2.24) is 19.7 Å². The summed E-state index contributed by atoms with van der Waals surface area (Å²) in [7, 11) is -1.02. The third kappa shape index (κ3) is 13.7. The first-order valence-corrected chi connectivity index (χ1v) is 34.5. The van der Waals surface area contributed by atoms with Gasteiger partial charge in [0.25, 0.3) is 0 Å². The summed E-state index contributed by atoms with van der Waals surface area (Å²) in [4.78, 5) is 32.8. The molecule has 0 spiro atoms. The predicted molar refractivity (Wildman–Crippen MR) is 373 cm³/mol. The fourth-order valence-corrected chi connectivity index (χ4v) is 17.1. The van der Waals surface area contributed by atoms with Gasteiger partial charge in [0.2, 0.25) is 11.3 Å². The maximum atomic E-state index is 12.9. The lowest BCUT2D eigenvalue weighted by atomic mass is 9.77. The Bertz CT molecular complexity index is 4180. The zero-order valence-corrected chi connectivity index (χ0v) is 53.3. The van der Waals surface area contributed by atoms with Crippen LogP contribution in [0.1, 0.15) is 104 Å². The number of anilines is 1. The van der Waals surface area contributed by atoms with Crippen LogP contribution in [0, 0.1) is 0 Å². The van der Waals surface area contributed by atoms with Crippen LogP contribution in [-0.2, 0) is 48.6 Å². The third-order valence-electron chi connectivity index (χ3n) is 18.9. The monoisotopic (exact) mass is 1200 g/mol. The van der Waals surface area contributed by atoms with Gasteiger partial charge in [0.1, 0.15) is 21.7 Å². The number of ketones is 1. The van der Waals surface area contributed by atoms with E-state index in [9.17, 15) is 29.7 Å². The molecule has 0 unspecified atom stereocenters. The van der Waals surface area contributed by atoms with Crippen LogP contribution >= 0.6 is 0 Å². The summed E-state index contributed by atoms with van der Waals surface area (Å²) in [5.41, 5.74) is 16.1. The number of nitrogens with one attached hydrogen (secondary N) is 1. The molecular formula is C75H88B2N5O6Si+. The number of carbonyl (C=O) groups is 2. The van der Waals surface area contributed by atoms with Crippen molar-refractivity contribution in [1.29, 1.82) is 0 Å². The van der Waals surface area contributed by atoms with E-state index in [0.29, 0.717) is 87.1 Å². The fourth-order valence-electron chi connectivity index (χ4n) is 14.1. The van der Waals surface area contributed by atoms with E-state index in [1.54, 1.807) is 26.0 Å². The normalized spacial score (nSPS) is 14.0. The van der Waals surface area contributed by atoms with E-state index in [-0.39, 0.29) is 19.1 Å². The summed E-state index contributed by atoms with van der Waals surface area (Å²) in [5, 5.41) is 55.7. The first-order chi connectivity index (χ1) is 42.4. The molecule has 0 radical (unpaired) electrons. The SMILES string of the molecule is C.C=C(C)C(=O)CCCCN(Cc1ccccc1B(O)O)Cc1c2ccccc2c(CN(CCCNC(=O)C(=C)C)Cc2ccccc2B(O)O)c2ccc(-c3cccc(C4=c5cc6c(cc5[Si](C)(C)c5cc7c(cc54)CCCN7C)=[N+](C)CCC6)c3)cc12. The van der Waals surface area contributed by atoms with E-state index in [1.165, 1.54) is 54.5 Å². The highest BCUT2D eigenvalue weighted by Crippen LogP contribution is 2.39. The molecule has 1 amide bonds. The van der Waals surface area contributed by atoms with Gasteiger partial charge in [-0.05, 0) is 199 Å². The van der Waals surface area contributed by atoms with Gasteiger partial charge in [0, 0.05) is 88.6 Å². The Labute approximate surface area is 528 Å². The number of benzene rings is 8. The Kier molecular flexibility index (Phi) is 20.1. The molecule has 0 fully saturated rings. The maximum absolute atomic E-state index is 12.9. The highest BCUT2D eigenvalue weighted by Gasteiger charge is 2.38. The molecule has 458 valence electrons. The largest absolute Gasteiger partial charge is 0.488 e. The Morgan fingerprint density at radius 3 is 1.88 bits per heavy atom. The smallest absolute Gasteiger partial charge is 0.423 e. The van der Waals surface area contributed by atoms with E-state index in [4.69, 9.17) is 0 Å². The molecule has 8 aromatic carbocycles. The van der Waals surface area contributed by atoms with Gasteiger partial charge >= 0.3 is 14.2 Å². The van der Waals surface area contributed by atoms with Crippen molar-refractivity contribution in [2.24, 2.45) is 0 Å². The standard InChI is InChI=1S/C74H83B2N5O6Si.CH4/c1-49(2)70(82)31-15-16-37-80(45-56-21-9-13-29-66(56)75(84)85)48-65-59-28-12-11-27-58(59)64(47-81(38-20-34-77-74(83)50(3)4)46-57-22-10-14-30-67(57)76(86)87)60-33-32-52(40-61(60)65)51-23-17-24-55(39-51)73-62-41-53-25-18-35-78(5)68(53)43-71(62)88(7,8)72-44-69-54(42-63(72)73)26-19-36-79(69)6;/h9-14,17,21-24,27-30,32-33,39-44,84-87H,1,3,15-16,18-20,25-26,31,34-38,45-48H2,2,4-8H3;1H4/p+1. The summed E-state index contributed by atoms with van der Waals surface area (Å²) in [6, 6.07) is 50.0. The molecule has 3 heterocycles. The second-order valence-electron chi connectivity index (χ2n) is 25.6. The summed E-state index contributed by atoms with van der Waals surface area (Å²) in [6.45, 7) is 22.0. The number of Topliss-reactive ketones (excluding diaryl/α,β-unsaturated/α-hetero) is 1. The van der Waals surface area contributed by atoms with E-state index in [1.807, 2.05) is 36.4 Å². The number of allylic oxidation sites excluding steroid dienone is 1. The molecule has 11 rings (SSSR count). The molecule has 14 heteroatoms. The molecule has 0 saturated heterocycles. The maximum Gasteiger partial charge on any atom is 0.488 e. The minimum Gasteiger partial charge on any atom is -0.423 e. The third-order valence-corrected chi connectivity index (χ3v) is 22.4. The van der Waals surface area contributed by atoms with Gasteiger partial charge in [-0.15, -0.1) is 0 Å². The quantitative estimate of drug-likeness (QED) is 0.0142. The Morgan fingerprint density at radius 2 is 1.22 bits per heavy atom. The van der Waals surface area contributed by atoms with Crippen molar-refractivity contribution in [2.75, 3.05) is 51.7 Å². The Morgan fingerprint density at radius 1 is 0.629 bits per heavy atom. The van der Waals surface area contributed by atoms with Gasteiger partial charge in [-0.25, -0.2) is 4.58 Å². The second kappa shape index (κ2) is 27.7. The summed E-state index contributed by atoms with van der Waals surface area (Å²) in [5.74, 6) is -0.124. The number of aryl methyl sites for hydroxylation is 2. The molecule has 11 nitrogen and oxygen atoms in total. The van der Waals surface area contributed by atoms with Crippen LogP contribution in [0.25, 0.3) is 38.2 Å². The first kappa shape index (κ1) is 64.5. The van der Waals surface area contributed by atoms with Gasteiger partial charge in [-0.2, -0.15) is 0 Å². The van der Waals surface area contributed by atoms with Crippen molar-refractivity contribution in [3.05, 3.63) is 219 Å². The lowest BCUT2D eigenvalue weighted by Gasteiger charge is -2.37. The zero-order valence-electron chi connectivity index (χ0n) is 52.3. The van der Waals surface area contributed by atoms with Gasteiger partial charge in [0.15, 0.2) is 5.78 Å². The number of unbranched alkanes of at least 4 members (excludes halogenated alkanes) is 1. The molecule has 0 saturated carbocycles. The van der Waals surface area contributed by atoms with Crippen LogP contribution < -0.4 is 46.7 Å². The van der Waals surface area contributed by atoms with Crippen molar-refractivity contribution >= 4 is 88.1 Å². The van der Waals surface area contributed by atoms with Crippen molar-refractivity contribution < 1.29 is 29.7 Å². The van der Waals surface area contributed by atoms with Crippen LogP contribution in [0.3, 0.4) is 0 Å². The van der Waals surface area contributed by atoms with E-state index >= 15 is 0 Å². The molecule has 0 aliphatic carbocycles. The van der Waals surface area contributed by atoms with Crippen LogP contribution in [0.2, 0.25) is 13.1 Å². The summed E-state index contributed by atoms with van der Waals surface area (Å²) in [6.07, 6.45) is 6.86. The van der Waals surface area contributed by atoms with E-state index in [0.717, 1.165) is 100 Å². The van der Waals surface area contributed by atoms with Crippen LogP contribution in [0.4, 0.5) is 5.69 Å². The van der Waals surface area contributed by atoms with Gasteiger partial charge < -0.3 is 30.3 Å². The number of fused-ring (bicyclic) bond motifs is 6. The molecule has 5 N–H and O–H groups in total. The number of carbonyl (C=O) groups excluding carboxylic acids is 2. The fraction of sp³-hybridized carbons (Fsp3) is 0.320. The second-order valence-corrected chi connectivity index (χ2v) is 29.9. The molecule has 3 aliphatic rings. The number of nitrogens with zero attached hydrogens (tertiary/aromatic N) is 4. The van der Waals surface area contributed by atoms with Gasteiger partial charge in [-0.1, -0.05) is 137 Å². The lowest BCUT2D eigenvalue weighted by molar-refractivity contribution is -0.117. The van der Waals surface area contributed by atoms with E-state index < -0.39 is 22.3 Å². The van der Waals surface area contributed by atoms with Crippen LogP contribution in [0.15, 0.2) is 164 Å². The zero-order chi connectivity index (χ0) is 62.0. The van der Waals surface area contributed by atoms with Gasteiger partial charge in [-0.3, -0.25) is 19.4 Å². The highest BCUT2D eigenvalue weighted by atomic mass is 28.3. The van der Waals surface area contributed by atoms with Gasteiger partial charge in [0.05, 0.1) is 0 Å². The Hall–Kier alpha value is -7.52. The summed E-state index contributed by atoms with van der Waals surface area (Å²) >= 11 is 0. The molecule has 89 heavy (non-hydrogen) atoms. The number of rotatable bonds is 23. The molecule has 0 aromatic heterocycles. The molecule has 3 aliphatic heterocycles.